The molecular formula is C23H28ClNO6. The summed E-state index contributed by atoms with van der Waals surface area (Å²) in [6.45, 7) is 5.37. The van der Waals surface area contributed by atoms with E-state index in [4.69, 9.17) is 23.7 Å². The number of halogens is 1. The average molecular weight is 450 g/mol. The second-order valence-corrected chi connectivity index (χ2v) is 7.17. The number of nitrogens with zero attached hydrogens (tertiary/aromatic N) is 1. The fraction of sp³-hybridized carbons (Fsp3) is 0.435. The van der Waals surface area contributed by atoms with Gasteiger partial charge in [0.25, 0.3) is 0 Å². The van der Waals surface area contributed by atoms with Gasteiger partial charge < -0.3 is 23.7 Å². The molecule has 2 heterocycles. The minimum absolute atomic E-state index is 0. The molecule has 0 N–H and O–H groups in total. The Bertz CT molecular complexity index is 815. The maximum Gasteiger partial charge on any atom is 0.351 e. The minimum atomic E-state index is -0.879. The van der Waals surface area contributed by atoms with Crippen LogP contribution in [0, 0.1) is 0 Å². The van der Waals surface area contributed by atoms with Crippen LogP contribution in [-0.2, 0) is 19.0 Å². The Balaban J connectivity index is 0.00000272. The second-order valence-electron chi connectivity index (χ2n) is 7.17. The van der Waals surface area contributed by atoms with Crippen LogP contribution < -0.4 is 9.47 Å². The molecule has 0 amide bonds. The summed E-state index contributed by atoms with van der Waals surface area (Å²) < 4.78 is 28.4. The molecular weight excluding hydrogens is 422 g/mol. The number of hydrogen-bond donors (Lipinski definition) is 0. The van der Waals surface area contributed by atoms with Gasteiger partial charge in [-0.05, 0) is 17.7 Å². The first-order valence-corrected chi connectivity index (χ1v) is 10.3. The number of para-hydroxylation sites is 2. The zero-order valence-corrected chi connectivity index (χ0v) is 18.1. The van der Waals surface area contributed by atoms with E-state index in [-0.39, 0.29) is 19.0 Å². The number of carbonyl (C=O) groups is 1. The smallest absolute Gasteiger partial charge is 0.351 e. The van der Waals surface area contributed by atoms with Gasteiger partial charge in [-0.15, -0.1) is 12.4 Å². The Kier molecular flexibility index (Phi) is 8.97. The molecule has 0 radical (unpaired) electrons. The number of esters is 1. The highest BCUT2D eigenvalue weighted by Gasteiger charge is 2.39. The molecule has 0 spiro atoms. The van der Waals surface area contributed by atoms with Crippen LogP contribution in [0.1, 0.15) is 11.7 Å². The van der Waals surface area contributed by atoms with Gasteiger partial charge >= 0.3 is 5.97 Å². The molecule has 2 aromatic carbocycles. The van der Waals surface area contributed by atoms with Crippen molar-refractivity contribution in [1.29, 1.82) is 0 Å². The highest BCUT2D eigenvalue weighted by atomic mass is 35.5. The fourth-order valence-electron chi connectivity index (χ4n) is 3.50. The Morgan fingerprint density at radius 1 is 0.903 bits per heavy atom. The van der Waals surface area contributed by atoms with Crippen LogP contribution in [0.15, 0.2) is 54.6 Å². The van der Waals surface area contributed by atoms with Gasteiger partial charge in [-0.1, -0.05) is 42.5 Å². The molecule has 7 nitrogen and oxygen atoms in total. The minimum Gasteiger partial charge on any atom is -0.477 e. The summed E-state index contributed by atoms with van der Waals surface area (Å²) in [5.41, 5.74) is 0.857. The van der Waals surface area contributed by atoms with Crippen LogP contribution in [0.3, 0.4) is 0 Å². The van der Waals surface area contributed by atoms with Crippen LogP contribution in [0.4, 0.5) is 0 Å². The molecule has 31 heavy (non-hydrogen) atoms. The average Bonchev–Trinajstić information content (AvgIpc) is 2.81. The normalized spacial score (nSPS) is 20.5. The molecule has 4 rings (SSSR count). The number of fused-ring (bicyclic) bond motifs is 1. The molecule has 0 saturated carbocycles. The number of rotatable bonds is 8. The number of hydrogen-bond acceptors (Lipinski definition) is 7. The Morgan fingerprint density at radius 3 is 2.32 bits per heavy atom. The molecule has 0 unspecified atom stereocenters. The number of morpholine rings is 1. The van der Waals surface area contributed by atoms with Crippen molar-refractivity contribution >= 4 is 18.4 Å². The van der Waals surface area contributed by atoms with E-state index in [9.17, 15) is 4.79 Å². The first-order valence-electron chi connectivity index (χ1n) is 10.3. The van der Waals surface area contributed by atoms with Gasteiger partial charge in [0.2, 0.25) is 6.10 Å². The van der Waals surface area contributed by atoms with Crippen molar-refractivity contribution in [1.82, 2.24) is 4.90 Å². The summed E-state index contributed by atoms with van der Waals surface area (Å²) >= 11 is 0. The number of benzene rings is 2. The quantitative estimate of drug-likeness (QED) is 0.453. The lowest BCUT2D eigenvalue weighted by Gasteiger charge is -2.32. The molecule has 2 aliphatic heterocycles. The molecule has 1 fully saturated rings. The predicted octanol–water partition coefficient (Wildman–Crippen LogP) is 2.88. The molecule has 0 aromatic heterocycles. The summed E-state index contributed by atoms with van der Waals surface area (Å²) in [6.07, 6.45) is -1.45. The SMILES string of the molecule is Cl.O=C(OCCOCCN1CCOCC1)[C@@H]1Oc2ccccc2O[C@H]1c1ccccc1. The van der Waals surface area contributed by atoms with Crippen molar-refractivity contribution in [3.8, 4) is 11.5 Å². The van der Waals surface area contributed by atoms with E-state index in [0.717, 1.165) is 38.4 Å². The lowest BCUT2D eigenvalue weighted by Crippen LogP contribution is -2.41. The summed E-state index contributed by atoms with van der Waals surface area (Å²) in [4.78, 5) is 15.1. The Morgan fingerprint density at radius 2 is 1.58 bits per heavy atom. The van der Waals surface area contributed by atoms with Crippen LogP contribution in [0.5, 0.6) is 11.5 Å². The van der Waals surface area contributed by atoms with Gasteiger partial charge in [-0.25, -0.2) is 4.79 Å². The third-order valence-electron chi connectivity index (χ3n) is 5.12. The highest BCUT2D eigenvalue weighted by Crippen LogP contribution is 2.39. The van der Waals surface area contributed by atoms with Crippen molar-refractivity contribution in [3.05, 3.63) is 60.2 Å². The Labute approximate surface area is 188 Å². The van der Waals surface area contributed by atoms with E-state index >= 15 is 0 Å². The van der Waals surface area contributed by atoms with Gasteiger partial charge in [-0.3, -0.25) is 4.90 Å². The first kappa shape index (κ1) is 23.3. The summed E-state index contributed by atoms with van der Waals surface area (Å²) in [6, 6.07) is 16.9. The van der Waals surface area contributed by atoms with Crippen molar-refractivity contribution in [3.63, 3.8) is 0 Å². The van der Waals surface area contributed by atoms with Crippen LogP contribution in [0.2, 0.25) is 0 Å². The Hall–Kier alpha value is -2.32. The predicted molar refractivity (Wildman–Crippen MR) is 117 cm³/mol. The molecule has 1 saturated heterocycles. The standard InChI is InChI=1S/C23H27NO6.ClH/c25-23(28-17-16-27-15-12-24-10-13-26-14-11-24)22-21(18-6-2-1-3-7-18)29-19-8-4-5-9-20(19)30-22;/h1-9,21-22H,10-17H2;1H/t21-,22+;/m0./s1. The van der Waals surface area contributed by atoms with Gasteiger partial charge in [0.05, 0.1) is 26.4 Å². The zero-order chi connectivity index (χ0) is 20.6. The maximum absolute atomic E-state index is 12.8. The summed E-state index contributed by atoms with van der Waals surface area (Å²) in [5, 5.41) is 0. The van der Waals surface area contributed by atoms with Crippen molar-refractivity contribution in [2.24, 2.45) is 0 Å². The van der Waals surface area contributed by atoms with Crippen LogP contribution >= 0.6 is 12.4 Å². The molecule has 2 aromatic rings. The van der Waals surface area contributed by atoms with Crippen molar-refractivity contribution in [2.45, 2.75) is 12.2 Å². The zero-order valence-electron chi connectivity index (χ0n) is 17.3. The van der Waals surface area contributed by atoms with E-state index in [0.29, 0.717) is 24.7 Å². The van der Waals surface area contributed by atoms with Crippen molar-refractivity contribution in [2.75, 3.05) is 52.7 Å². The van der Waals surface area contributed by atoms with E-state index in [1.165, 1.54) is 0 Å². The lowest BCUT2D eigenvalue weighted by molar-refractivity contribution is -0.160. The number of carbonyl (C=O) groups excluding carboxylic acids is 1. The molecule has 0 aliphatic carbocycles. The molecule has 168 valence electrons. The van der Waals surface area contributed by atoms with Gasteiger partial charge in [0.15, 0.2) is 17.6 Å². The van der Waals surface area contributed by atoms with Crippen LogP contribution in [0.25, 0.3) is 0 Å². The first-order chi connectivity index (χ1) is 14.8. The molecule has 2 atom stereocenters. The third kappa shape index (κ3) is 6.33. The van der Waals surface area contributed by atoms with E-state index < -0.39 is 18.2 Å². The van der Waals surface area contributed by atoms with Crippen molar-refractivity contribution < 1.29 is 28.5 Å². The van der Waals surface area contributed by atoms with Gasteiger partial charge in [0.1, 0.15) is 6.61 Å². The largest absolute Gasteiger partial charge is 0.477 e. The van der Waals surface area contributed by atoms with Crippen LogP contribution in [-0.4, -0.2) is 69.6 Å². The monoisotopic (exact) mass is 449 g/mol. The fourth-order valence-corrected chi connectivity index (χ4v) is 3.50. The molecule has 0 bridgehead atoms. The second kappa shape index (κ2) is 11.9. The lowest BCUT2D eigenvalue weighted by atomic mass is 10.0. The summed E-state index contributed by atoms with van der Waals surface area (Å²) in [7, 11) is 0. The molecule has 8 heteroatoms. The van der Waals surface area contributed by atoms with E-state index in [2.05, 4.69) is 4.90 Å². The summed E-state index contributed by atoms with van der Waals surface area (Å²) in [5.74, 6) is 0.686. The highest BCUT2D eigenvalue weighted by molar-refractivity contribution is 5.85. The van der Waals surface area contributed by atoms with Gasteiger partial charge in [-0.2, -0.15) is 0 Å². The molecule has 2 aliphatic rings. The van der Waals surface area contributed by atoms with E-state index in [1.807, 2.05) is 48.5 Å². The topological polar surface area (TPSA) is 66.5 Å². The maximum atomic E-state index is 12.8. The third-order valence-corrected chi connectivity index (χ3v) is 5.12. The van der Waals surface area contributed by atoms with E-state index in [1.54, 1.807) is 6.07 Å². The van der Waals surface area contributed by atoms with Gasteiger partial charge in [0, 0.05) is 19.6 Å². The number of ether oxygens (including phenoxy) is 5.